The van der Waals surface area contributed by atoms with Gasteiger partial charge in [0.05, 0.1) is 5.37 Å². The van der Waals surface area contributed by atoms with Crippen LogP contribution in [-0.4, -0.2) is 23.0 Å². The average Bonchev–Trinajstić information content (AvgIpc) is 1.65. The minimum absolute atomic E-state index is 0.186. The lowest BCUT2D eigenvalue weighted by atomic mass is 10.6. The number of hydrogen-bond donors (Lipinski definition) is 3. The number of amides is 1. The van der Waals surface area contributed by atoms with Gasteiger partial charge in [0.1, 0.15) is 6.61 Å². The Kier molecular flexibility index (Phi) is 3.64. The summed E-state index contributed by atoms with van der Waals surface area (Å²) in [4.78, 5) is 10.2. The Hall–Kier alpha value is -0.220. The average molecular weight is 135 g/mol. The molecule has 0 aromatic carbocycles. The summed E-state index contributed by atoms with van der Waals surface area (Å²) in [5.74, 6) is -0.396. The lowest BCUT2D eigenvalue weighted by molar-refractivity contribution is -0.123. The van der Waals surface area contributed by atoms with Gasteiger partial charge in [-0.1, -0.05) is 0 Å². The Morgan fingerprint density at radius 2 is 2.50 bits per heavy atom. The van der Waals surface area contributed by atoms with Gasteiger partial charge in [-0.2, -0.15) is 12.6 Å². The highest BCUT2D eigenvalue weighted by molar-refractivity contribution is 7.80. The van der Waals surface area contributed by atoms with E-state index < -0.39 is 12.5 Å². The predicted molar refractivity (Wildman–Crippen MR) is 33.7 cm³/mol. The molecule has 1 atom stereocenters. The van der Waals surface area contributed by atoms with Crippen LogP contribution in [-0.2, 0) is 4.79 Å². The van der Waals surface area contributed by atoms with Crippen LogP contribution in [0.25, 0.3) is 0 Å². The summed E-state index contributed by atoms with van der Waals surface area (Å²) in [6.07, 6.45) is 0. The molecular weight excluding hydrogens is 126 g/mol. The van der Waals surface area contributed by atoms with E-state index in [9.17, 15) is 4.79 Å². The molecule has 2 N–H and O–H groups in total. The molecule has 0 saturated heterocycles. The van der Waals surface area contributed by atoms with Crippen molar-refractivity contribution in [3.63, 3.8) is 0 Å². The number of aliphatic hydroxyl groups excluding tert-OH is 1. The molecule has 48 valence electrons. The first kappa shape index (κ1) is 7.78. The minimum Gasteiger partial charge on any atom is -0.387 e. The molecule has 4 heteroatoms. The van der Waals surface area contributed by atoms with Crippen molar-refractivity contribution in [2.75, 3.05) is 6.61 Å². The Morgan fingerprint density at radius 1 is 2.00 bits per heavy atom. The van der Waals surface area contributed by atoms with Crippen molar-refractivity contribution in [3.8, 4) is 0 Å². The molecule has 0 bridgehead atoms. The molecule has 0 heterocycles. The second-order valence-electron chi connectivity index (χ2n) is 1.40. The van der Waals surface area contributed by atoms with Crippen molar-refractivity contribution in [1.82, 2.24) is 5.32 Å². The topological polar surface area (TPSA) is 49.3 Å². The van der Waals surface area contributed by atoms with Crippen LogP contribution in [0.2, 0.25) is 0 Å². The number of thiol groups is 1. The molecule has 3 nitrogen and oxygen atoms in total. The zero-order valence-corrected chi connectivity index (χ0v) is 5.48. The number of carbonyl (C=O) groups excluding carboxylic acids is 1. The van der Waals surface area contributed by atoms with E-state index in [1.807, 2.05) is 0 Å². The van der Waals surface area contributed by atoms with Crippen molar-refractivity contribution in [1.29, 1.82) is 0 Å². The van der Waals surface area contributed by atoms with Gasteiger partial charge in [0.15, 0.2) is 0 Å². The van der Waals surface area contributed by atoms with E-state index in [4.69, 9.17) is 5.11 Å². The summed E-state index contributed by atoms with van der Waals surface area (Å²) >= 11 is 3.85. The van der Waals surface area contributed by atoms with Gasteiger partial charge in [-0.3, -0.25) is 4.79 Å². The Labute approximate surface area is 53.5 Å². The second kappa shape index (κ2) is 3.74. The normalized spacial score (nSPS) is 12.9. The van der Waals surface area contributed by atoms with E-state index in [0.29, 0.717) is 0 Å². The molecule has 1 amide bonds. The van der Waals surface area contributed by atoms with Crippen molar-refractivity contribution in [2.24, 2.45) is 0 Å². The van der Waals surface area contributed by atoms with Crippen LogP contribution in [0.1, 0.15) is 6.92 Å². The Bertz CT molecular complexity index is 84.1. The molecule has 0 radical (unpaired) electrons. The lowest BCUT2D eigenvalue weighted by Crippen LogP contribution is -2.30. The van der Waals surface area contributed by atoms with Gasteiger partial charge in [0, 0.05) is 0 Å². The molecule has 0 spiro atoms. The van der Waals surface area contributed by atoms with Crippen molar-refractivity contribution >= 4 is 18.5 Å². The minimum atomic E-state index is -0.467. The van der Waals surface area contributed by atoms with Crippen LogP contribution in [0.4, 0.5) is 0 Å². The van der Waals surface area contributed by atoms with Gasteiger partial charge >= 0.3 is 0 Å². The van der Waals surface area contributed by atoms with Gasteiger partial charge in [-0.15, -0.1) is 0 Å². The highest BCUT2D eigenvalue weighted by Crippen LogP contribution is 1.83. The molecule has 0 aliphatic rings. The van der Waals surface area contributed by atoms with Crippen LogP contribution in [0.5, 0.6) is 0 Å². The zero-order chi connectivity index (χ0) is 6.57. The van der Waals surface area contributed by atoms with Gasteiger partial charge in [-0.05, 0) is 6.92 Å². The fraction of sp³-hybridized carbons (Fsp3) is 0.750. The maximum absolute atomic E-state index is 10.2. The van der Waals surface area contributed by atoms with Gasteiger partial charge in [0.2, 0.25) is 5.91 Å². The number of aliphatic hydroxyl groups is 1. The fourth-order valence-electron chi connectivity index (χ4n) is 0.279. The molecule has 1 unspecified atom stereocenters. The summed E-state index contributed by atoms with van der Waals surface area (Å²) in [5.41, 5.74) is 0. The van der Waals surface area contributed by atoms with E-state index >= 15 is 0 Å². The van der Waals surface area contributed by atoms with E-state index in [2.05, 4.69) is 17.9 Å². The number of rotatable bonds is 2. The summed E-state index contributed by atoms with van der Waals surface area (Å²) < 4.78 is 0. The number of hydrogen-bond acceptors (Lipinski definition) is 3. The zero-order valence-electron chi connectivity index (χ0n) is 4.59. The van der Waals surface area contributed by atoms with Crippen LogP contribution >= 0.6 is 12.6 Å². The Balaban J connectivity index is 3.25. The van der Waals surface area contributed by atoms with Crippen molar-refractivity contribution < 1.29 is 9.90 Å². The van der Waals surface area contributed by atoms with E-state index in [0.717, 1.165) is 0 Å². The largest absolute Gasteiger partial charge is 0.387 e. The van der Waals surface area contributed by atoms with Crippen LogP contribution < -0.4 is 5.32 Å². The van der Waals surface area contributed by atoms with Crippen LogP contribution in [0.15, 0.2) is 0 Å². The standard InChI is InChI=1S/C4H9NO2S/c1-3(8)5-4(7)2-6/h3,6,8H,2H2,1H3,(H,5,7). The third-order valence-corrected chi connectivity index (χ3v) is 0.643. The summed E-state index contributed by atoms with van der Waals surface area (Å²) in [5, 5.41) is 10.3. The number of carbonyl (C=O) groups is 1. The molecule has 0 fully saturated rings. The molecule has 0 aliphatic heterocycles. The quantitative estimate of drug-likeness (QED) is 0.349. The summed E-state index contributed by atoms with van der Waals surface area (Å²) in [6, 6.07) is 0. The lowest BCUT2D eigenvalue weighted by Gasteiger charge is -2.03. The highest BCUT2D eigenvalue weighted by atomic mass is 32.1. The predicted octanol–water partition coefficient (Wildman–Crippen LogP) is -0.629. The molecule has 0 aromatic heterocycles. The monoisotopic (exact) mass is 135 g/mol. The molecule has 0 rings (SSSR count). The van der Waals surface area contributed by atoms with E-state index in [1.165, 1.54) is 0 Å². The molecule has 0 aromatic rings. The second-order valence-corrected chi connectivity index (χ2v) is 2.18. The molecular formula is C4H9NO2S. The van der Waals surface area contributed by atoms with Crippen molar-refractivity contribution in [3.05, 3.63) is 0 Å². The third kappa shape index (κ3) is 3.95. The molecule has 0 aliphatic carbocycles. The maximum Gasteiger partial charge on any atom is 0.246 e. The van der Waals surface area contributed by atoms with E-state index in [1.54, 1.807) is 6.92 Å². The molecule has 0 saturated carbocycles. The third-order valence-electron chi connectivity index (χ3n) is 0.513. The summed E-state index contributed by atoms with van der Waals surface area (Å²) in [7, 11) is 0. The first-order chi connectivity index (χ1) is 3.66. The van der Waals surface area contributed by atoms with Crippen LogP contribution in [0, 0.1) is 0 Å². The first-order valence-corrected chi connectivity index (χ1v) is 2.76. The first-order valence-electron chi connectivity index (χ1n) is 2.25. The fourth-order valence-corrected chi connectivity index (χ4v) is 0.423. The Morgan fingerprint density at radius 3 is 2.62 bits per heavy atom. The van der Waals surface area contributed by atoms with Gasteiger partial charge in [-0.25, -0.2) is 0 Å². The number of nitrogens with one attached hydrogen (secondary N) is 1. The van der Waals surface area contributed by atoms with Crippen LogP contribution in [0.3, 0.4) is 0 Å². The van der Waals surface area contributed by atoms with Gasteiger partial charge < -0.3 is 10.4 Å². The van der Waals surface area contributed by atoms with Crippen molar-refractivity contribution in [2.45, 2.75) is 12.3 Å². The smallest absolute Gasteiger partial charge is 0.246 e. The maximum atomic E-state index is 10.2. The molecule has 8 heavy (non-hydrogen) atoms. The van der Waals surface area contributed by atoms with Gasteiger partial charge in [0.25, 0.3) is 0 Å². The highest BCUT2D eigenvalue weighted by Gasteiger charge is 1.98. The SMILES string of the molecule is CC(S)NC(=O)CO. The summed E-state index contributed by atoms with van der Waals surface area (Å²) in [6.45, 7) is 1.24. The van der Waals surface area contributed by atoms with E-state index in [-0.39, 0.29) is 5.37 Å².